The SMILES string of the molecule is C/C1=C/C=C/[C@H](C)C(O)[C@@H](C)[C@@H](O)[C@@H](C)[C@H](O)[C@H](C)[C@@H](O)C(C)/C=C(/C)C(=O)C2=C(O)C(C)C(O)C3=C2C(=O)C=C(NC1=O)C3=O. The number of Topliss-reactive ketones (excluding diaryl/α,β-unsaturated/α-hetero) is 2. The van der Waals surface area contributed by atoms with Gasteiger partial charge in [-0.25, -0.2) is 0 Å². The molecule has 11 atom stereocenters. The lowest BCUT2D eigenvalue weighted by Gasteiger charge is -2.36. The molecule has 2 heterocycles. The fourth-order valence-corrected chi connectivity index (χ4v) is 6.35. The van der Waals surface area contributed by atoms with E-state index in [1.165, 1.54) is 39.0 Å². The van der Waals surface area contributed by atoms with Crippen molar-refractivity contribution < 1.29 is 49.8 Å². The minimum Gasteiger partial charge on any atom is -0.511 e. The molecule has 7 N–H and O–H groups in total. The molecule has 252 valence electrons. The fourth-order valence-electron chi connectivity index (χ4n) is 6.35. The van der Waals surface area contributed by atoms with Gasteiger partial charge in [0.1, 0.15) is 5.76 Å². The maximum absolute atomic E-state index is 13.8. The number of aliphatic hydroxyl groups is 6. The summed E-state index contributed by atoms with van der Waals surface area (Å²) in [5.74, 6) is -8.40. The van der Waals surface area contributed by atoms with Gasteiger partial charge in [-0.3, -0.25) is 19.2 Å². The van der Waals surface area contributed by atoms with Crippen LogP contribution < -0.4 is 5.32 Å². The van der Waals surface area contributed by atoms with Crippen LogP contribution in [0.4, 0.5) is 0 Å². The van der Waals surface area contributed by atoms with E-state index in [0.29, 0.717) is 0 Å². The number of hydrogen-bond donors (Lipinski definition) is 7. The molecule has 0 aromatic rings. The first-order valence-corrected chi connectivity index (χ1v) is 15.6. The molecule has 4 unspecified atom stereocenters. The van der Waals surface area contributed by atoms with E-state index in [2.05, 4.69) is 5.32 Å². The third kappa shape index (κ3) is 7.08. The number of aliphatic hydroxyl groups excluding tert-OH is 6. The quantitative estimate of drug-likeness (QED) is 0.192. The summed E-state index contributed by atoms with van der Waals surface area (Å²) < 4.78 is 0. The fraction of sp³-hybridized carbons (Fsp3) is 0.543. The Morgan fingerprint density at radius 1 is 0.674 bits per heavy atom. The lowest BCUT2D eigenvalue weighted by Crippen LogP contribution is -2.45. The van der Waals surface area contributed by atoms with Crippen LogP contribution in [-0.4, -0.2) is 84.4 Å². The van der Waals surface area contributed by atoms with Crippen molar-refractivity contribution in [3.8, 4) is 0 Å². The molecule has 0 aromatic carbocycles. The van der Waals surface area contributed by atoms with Crippen LogP contribution in [0.25, 0.3) is 0 Å². The topological polar surface area (TPSA) is 202 Å². The van der Waals surface area contributed by atoms with Crippen LogP contribution in [0, 0.1) is 35.5 Å². The van der Waals surface area contributed by atoms with Crippen molar-refractivity contribution >= 4 is 23.3 Å². The van der Waals surface area contributed by atoms with Gasteiger partial charge in [0.05, 0.1) is 41.8 Å². The summed E-state index contributed by atoms with van der Waals surface area (Å²) >= 11 is 0. The summed E-state index contributed by atoms with van der Waals surface area (Å²) in [6, 6.07) is 0. The zero-order chi connectivity index (χ0) is 34.9. The maximum Gasteiger partial charge on any atom is 0.251 e. The molecule has 2 aliphatic carbocycles. The van der Waals surface area contributed by atoms with Gasteiger partial charge in [0, 0.05) is 58.3 Å². The maximum atomic E-state index is 13.8. The van der Waals surface area contributed by atoms with Crippen LogP contribution in [0.2, 0.25) is 0 Å². The zero-order valence-electron chi connectivity index (χ0n) is 27.6. The highest BCUT2D eigenvalue weighted by Crippen LogP contribution is 2.39. The molecule has 0 saturated heterocycles. The Balaban J connectivity index is 2.15. The van der Waals surface area contributed by atoms with E-state index in [0.717, 1.165) is 6.08 Å². The zero-order valence-corrected chi connectivity index (χ0v) is 27.6. The van der Waals surface area contributed by atoms with E-state index < -0.39 is 117 Å². The largest absolute Gasteiger partial charge is 0.511 e. The molecule has 0 radical (unpaired) electrons. The molecular weight excluding hydrogens is 594 g/mol. The van der Waals surface area contributed by atoms with Crippen molar-refractivity contribution in [2.24, 2.45) is 35.5 Å². The second-order valence-electron chi connectivity index (χ2n) is 13.2. The molecule has 4 rings (SSSR count). The van der Waals surface area contributed by atoms with Crippen molar-refractivity contribution in [2.45, 2.75) is 85.9 Å². The Bertz CT molecular complexity index is 1460. The molecule has 4 bridgehead atoms. The number of hydrogen-bond acceptors (Lipinski definition) is 10. The van der Waals surface area contributed by atoms with Crippen LogP contribution >= 0.6 is 0 Å². The third-order valence-electron chi connectivity index (χ3n) is 9.76. The summed E-state index contributed by atoms with van der Waals surface area (Å²) in [5.41, 5.74) is -1.55. The number of fused-ring (bicyclic) bond motifs is 15. The molecule has 1 amide bonds. The van der Waals surface area contributed by atoms with Gasteiger partial charge in [0.2, 0.25) is 5.78 Å². The first kappa shape index (κ1) is 37.0. The van der Waals surface area contributed by atoms with Crippen molar-refractivity contribution in [3.63, 3.8) is 0 Å². The number of carbonyl (C=O) groups excluding carboxylic acids is 4. The van der Waals surface area contributed by atoms with Crippen LogP contribution in [0.3, 0.4) is 0 Å². The molecule has 46 heavy (non-hydrogen) atoms. The molecule has 0 fully saturated rings. The van der Waals surface area contributed by atoms with E-state index in [-0.39, 0.29) is 11.1 Å². The predicted molar refractivity (Wildman–Crippen MR) is 170 cm³/mol. The van der Waals surface area contributed by atoms with Crippen LogP contribution in [0.5, 0.6) is 0 Å². The molecule has 0 saturated carbocycles. The molecule has 11 nitrogen and oxygen atoms in total. The number of carbonyl (C=O) groups is 4. The second kappa shape index (κ2) is 14.5. The summed E-state index contributed by atoms with van der Waals surface area (Å²) in [6.07, 6.45) is 0.675. The first-order chi connectivity index (χ1) is 21.3. The Morgan fingerprint density at radius 3 is 1.76 bits per heavy atom. The Hall–Kier alpha value is -3.48. The number of amides is 1. The van der Waals surface area contributed by atoms with E-state index in [4.69, 9.17) is 0 Å². The third-order valence-corrected chi connectivity index (χ3v) is 9.76. The van der Waals surface area contributed by atoms with Gasteiger partial charge in [0.25, 0.3) is 5.91 Å². The highest BCUT2D eigenvalue weighted by molar-refractivity contribution is 6.30. The molecule has 11 heteroatoms. The number of rotatable bonds is 0. The highest BCUT2D eigenvalue weighted by Gasteiger charge is 2.45. The van der Waals surface area contributed by atoms with Crippen molar-refractivity contribution in [1.29, 1.82) is 0 Å². The summed E-state index contributed by atoms with van der Waals surface area (Å²) in [7, 11) is 0. The van der Waals surface area contributed by atoms with Gasteiger partial charge in [0.15, 0.2) is 11.6 Å². The van der Waals surface area contributed by atoms with Crippen LogP contribution in [-0.2, 0) is 19.2 Å². The van der Waals surface area contributed by atoms with Crippen molar-refractivity contribution in [2.75, 3.05) is 0 Å². The molecule has 2 aliphatic heterocycles. The molecule has 0 spiro atoms. The number of ketones is 3. The number of nitrogens with one attached hydrogen (secondary N) is 1. The second-order valence-corrected chi connectivity index (χ2v) is 13.2. The van der Waals surface area contributed by atoms with Crippen LogP contribution in [0.15, 0.2) is 69.7 Å². The van der Waals surface area contributed by atoms with Crippen molar-refractivity contribution in [1.82, 2.24) is 5.32 Å². The Morgan fingerprint density at radius 2 is 1.20 bits per heavy atom. The molecule has 0 aromatic heterocycles. The average molecular weight is 642 g/mol. The van der Waals surface area contributed by atoms with Gasteiger partial charge in [-0.2, -0.15) is 0 Å². The lowest BCUT2D eigenvalue weighted by molar-refractivity contribution is -0.121. The highest BCUT2D eigenvalue weighted by atomic mass is 16.3. The Kier molecular flexibility index (Phi) is 11.7. The van der Waals surface area contributed by atoms with Gasteiger partial charge in [-0.15, -0.1) is 0 Å². The van der Waals surface area contributed by atoms with E-state index in [1.54, 1.807) is 40.7 Å². The predicted octanol–water partition coefficient (Wildman–Crippen LogP) is 1.91. The lowest BCUT2D eigenvalue weighted by atomic mass is 9.73. The Labute approximate surface area is 269 Å². The van der Waals surface area contributed by atoms with E-state index in [9.17, 15) is 49.8 Å². The monoisotopic (exact) mass is 641 g/mol. The summed E-state index contributed by atoms with van der Waals surface area (Å²) in [6.45, 7) is 12.5. The first-order valence-electron chi connectivity index (χ1n) is 15.6. The summed E-state index contributed by atoms with van der Waals surface area (Å²) in [5, 5.41) is 68.6. The van der Waals surface area contributed by atoms with E-state index in [1.807, 2.05) is 0 Å². The summed E-state index contributed by atoms with van der Waals surface area (Å²) in [4.78, 5) is 53.7. The van der Waals surface area contributed by atoms with Crippen LogP contribution in [0.1, 0.15) is 55.4 Å². The normalized spacial score (nSPS) is 40.5. The van der Waals surface area contributed by atoms with Gasteiger partial charge < -0.3 is 36.0 Å². The molecular formula is C35H47NO10. The standard InChI is InChI=1S/C35H47NO10/c1-14-10-9-11-15(2)35(46)36-22-13-23(37)24-25(32(43)21(8)33(44)26(24)34(22)45)29(40)17(4)12-16(3)28(39)19(6)31(42)20(7)30(41)18(5)27(14)38/h9-14,16,18-21,27-28,30-31,33,38-39,41-44H,1-8H3,(H,36,46)/b10-9+,15-11-,17-12-/t14-,16?,18+,19+,20+,21?,27?,28-,30+,31+,33?/m0/s1. The average Bonchev–Trinajstić information content (AvgIpc) is 3.02. The minimum atomic E-state index is -1.64. The van der Waals surface area contributed by atoms with E-state index >= 15 is 0 Å². The molecule has 4 aliphatic rings. The van der Waals surface area contributed by atoms with Crippen molar-refractivity contribution in [3.05, 3.63) is 69.7 Å². The van der Waals surface area contributed by atoms with Gasteiger partial charge in [-0.1, -0.05) is 65.8 Å². The van der Waals surface area contributed by atoms with Gasteiger partial charge >= 0.3 is 0 Å². The number of allylic oxidation sites excluding steroid dienone is 7. The van der Waals surface area contributed by atoms with Gasteiger partial charge in [-0.05, 0) is 19.4 Å². The minimum absolute atomic E-state index is 0.0269. The smallest absolute Gasteiger partial charge is 0.251 e.